The van der Waals surface area contributed by atoms with Crippen LogP contribution in [0.15, 0.2) is 127 Å². The molecule has 4 aromatic heterocycles. The van der Waals surface area contributed by atoms with Crippen LogP contribution in [0.4, 0.5) is 0 Å². The summed E-state index contributed by atoms with van der Waals surface area (Å²) in [5.74, 6) is 1.13. The van der Waals surface area contributed by atoms with Crippen LogP contribution in [0.5, 0.6) is 0 Å². The van der Waals surface area contributed by atoms with E-state index in [1.165, 1.54) is 0 Å². The summed E-state index contributed by atoms with van der Waals surface area (Å²) in [6.45, 7) is 0. The minimum Gasteiger partial charge on any atom is -0.433 e. The molecule has 36 heavy (non-hydrogen) atoms. The first kappa shape index (κ1) is 19.4. The molecular formula is C32H18O4. The smallest absolute Gasteiger partial charge is 0.298 e. The van der Waals surface area contributed by atoms with Crippen molar-refractivity contribution in [3.8, 4) is 33.4 Å². The lowest BCUT2D eigenvalue weighted by Crippen LogP contribution is -1.84. The fraction of sp³-hybridized carbons (Fsp3) is 0. The van der Waals surface area contributed by atoms with E-state index in [4.69, 9.17) is 17.7 Å². The molecule has 0 atom stereocenters. The normalized spacial score (nSPS) is 11.9. The zero-order valence-corrected chi connectivity index (χ0v) is 19.0. The number of hydrogen-bond acceptors (Lipinski definition) is 4. The first-order valence-electron chi connectivity index (χ1n) is 11.8. The van der Waals surface area contributed by atoms with Crippen molar-refractivity contribution in [2.75, 3.05) is 0 Å². The Morgan fingerprint density at radius 2 is 0.778 bits per heavy atom. The molecule has 4 heteroatoms. The second-order valence-electron chi connectivity index (χ2n) is 9.03. The average molecular weight is 466 g/mol. The van der Waals surface area contributed by atoms with E-state index in [0.29, 0.717) is 11.6 Å². The highest BCUT2D eigenvalue weighted by atomic mass is 16.5. The van der Waals surface area contributed by atoms with Gasteiger partial charge in [0, 0.05) is 10.8 Å². The van der Waals surface area contributed by atoms with Crippen LogP contribution >= 0.6 is 0 Å². The maximum atomic E-state index is 5.79. The lowest BCUT2D eigenvalue weighted by Gasteiger charge is -2.09. The molecule has 0 saturated carbocycles. The third-order valence-electron chi connectivity index (χ3n) is 6.93. The summed E-state index contributed by atoms with van der Waals surface area (Å²) in [6, 6.07) is 33.7. The molecule has 4 heterocycles. The van der Waals surface area contributed by atoms with Gasteiger partial charge >= 0.3 is 0 Å². The van der Waals surface area contributed by atoms with Crippen LogP contribution in [0, 0.1) is 0 Å². The van der Waals surface area contributed by atoms with Crippen molar-refractivity contribution in [1.29, 1.82) is 0 Å². The van der Waals surface area contributed by atoms with Gasteiger partial charge in [0.1, 0.15) is 11.2 Å². The molecule has 8 aromatic rings. The van der Waals surface area contributed by atoms with Gasteiger partial charge < -0.3 is 17.7 Å². The monoisotopic (exact) mass is 466 g/mol. The van der Waals surface area contributed by atoms with Crippen LogP contribution < -0.4 is 0 Å². The van der Waals surface area contributed by atoms with Crippen LogP contribution in [-0.2, 0) is 0 Å². The average Bonchev–Trinajstić information content (AvgIpc) is 3.70. The predicted molar refractivity (Wildman–Crippen MR) is 142 cm³/mol. The third kappa shape index (κ3) is 2.88. The molecule has 0 aliphatic rings. The van der Waals surface area contributed by atoms with Gasteiger partial charge in [-0.25, -0.2) is 0 Å². The summed E-state index contributed by atoms with van der Waals surface area (Å²) in [5.41, 5.74) is 8.57. The molecule has 0 aliphatic heterocycles. The number of furan rings is 4. The standard InChI is InChI=1S/C32H18O4/c1-3-19(15-21(5-1)23-7-9-29-27(17-23)25-11-13-33-31(25)35-29)20-4-2-6-22(16-20)24-8-10-30-28(18-24)26-12-14-34-32(26)36-30/h1-18H. The highest BCUT2D eigenvalue weighted by Gasteiger charge is 2.13. The van der Waals surface area contributed by atoms with Crippen molar-refractivity contribution in [1.82, 2.24) is 0 Å². The van der Waals surface area contributed by atoms with Crippen LogP contribution in [0.2, 0.25) is 0 Å². The first-order chi connectivity index (χ1) is 17.8. The largest absolute Gasteiger partial charge is 0.433 e. The SMILES string of the molecule is c1cc(-c2cccc(-c3ccc4oc5occc5c4c3)c2)cc(-c2ccc3oc4occc4c3c2)c1. The topological polar surface area (TPSA) is 52.6 Å². The van der Waals surface area contributed by atoms with Crippen molar-refractivity contribution < 1.29 is 17.7 Å². The quantitative estimate of drug-likeness (QED) is 0.260. The predicted octanol–water partition coefficient (Wildman–Crippen LogP) is 9.67. The lowest BCUT2D eigenvalue weighted by molar-refractivity contribution is 0.498. The van der Waals surface area contributed by atoms with Gasteiger partial charge in [0.25, 0.3) is 11.6 Å². The van der Waals surface area contributed by atoms with Crippen LogP contribution in [0.25, 0.3) is 77.7 Å². The van der Waals surface area contributed by atoms with Crippen LogP contribution in [-0.4, -0.2) is 0 Å². The van der Waals surface area contributed by atoms with Crippen molar-refractivity contribution in [2.45, 2.75) is 0 Å². The lowest BCUT2D eigenvalue weighted by atomic mass is 9.95. The Bertz CT molecular complexity index is 1910. The van der Waals surface area contributed by atoms with E-state index in [-0.39, 0.29) is 0 Å². The zero-order valence-electron chi connectivity index (χ0n) is 19.0. The Morgan fingerprint density at radius 1 is 0.361 bits per heavy atom. The summed E-state index contributed by atoms with van der Waals surface area (Å²) >= 11 is 0. The molecule has 0 saturated heterocycles. The second kappa shape index (κ2) is 7.27. The molecule has 0 fully saturated rings. The summed E-state index contributed by atoms with van der Waals surface area (Å²) in [6.07, 6.45) is 3.33. The molecule has 8 rings (SSSR count). The number of fused-ring (bicyclic) bond motifs is 6. The molecule has 0 radical (unpaired) electrons. The zero-order chi connectivity index (χ0) is 23.6. The Hall–Kier alpha value is -4.96. The maximum absolute atomic E-state index is 5.79. The third-order valence-corrected chi connectivity index (χ3v) is 6.93. The second-order valence-corrected chi connectivity index (χ2v) is 9.03. The van der Waals surface area contributed by atoms with Gasteiger partial charge in [-0.05, 0) is 81.9 Å². The molecule has 0 amide bonds. The number of rotatable bonds is 3. The first-order valence-corrected chi connectivity index (χ1v) is 11.8. The van der Waals surface area contributed by atoms with Gasteiger partial charge in [0.05, 0.1) is 23.3 Å². The van der Waals surface area contributed by atoms with Gasteiger partial charge in [-0.1, -0.05) is 48.5 Å². The van der Waals surface area contributed by atoms with Crippen molar-refractivity contribution >= 4 is 44.3 Å². The van der Waals surface area contributed by atoms with Crippen LogP contribution in [0.3, 0.4) is 0 Å². The molecule has 0 aliphatic carbocycles. The van der Waals surface area contributed by atoms with E-state index in [1.807, 2.05) is 24.3 Å². The van der Waals surface area contributed by atoms with E-state index in [1.54, 1.807) is 12.5 Å². The molecule has 0 unspecified atom stereocenters. The summed E-state index contributed by atoms with van der Waals surface area (Å²) in [7, 11) is 0. The van der Waals surface area contributed by atoms with Gasteiger partial charge in [0.15, 0.2) is 0 Å². The molecule has 4 aromatic carbocycles. The van der Waals surface area contributed by atoms with Gasteiger partial charge in [-0.15, -0.1) is 0 Å². The number of benzene rings is 4. The Balaban J connectivity index is 1.20. The minimum absolute atomic E-state index is 0.565. The molecule has 0 bridgehead atoms. The fourth-order valence-electron chi connectivity index (χ4n) is 5.12. The van der Waals surface area contributed by atoms with Crippen molar-refractivity contribution in [2.24, 2.45) is 0 Å². The molecule has 0 N–H and O–H groups in total. The summed E-state index contributed by atoms with van der Waals surface area (Å²) < 4.78 is 22.5. The highest BCUT2D eigenvalue weighted by molar-refractivity contribution is 6.05. The Morgan fingerprint density at radius 3 is 1.22 bits per heavy atom. The van der Waals surface area contributed by atoms with E-state index in [0.717, 1.165) is 66.1 Å². The van der Waals surface area contributed by atoms with Crippen LogP contribution in [0.1, 0.15) is 0 Å². The Kier molecular flexibility index (Phi) is 3.91. The maximum Gasteiger partial charge on any atom is 0.298 e. The minimum atomic E-state index is 0.565. The summed E-state index contributed by atoms with van der Waals surface area (Å²) in [4.78, 5) is 0. The molecule has 0 spiro atoms. The Labute approximate surface area is 205 Å². The molecule has 170 valence electrons. The molecule has 4 nitrogen and oxygen atoms in total. The van der Waals surface area contributed by atoms with Crippen molar-refractivity contribution in [3.05, 3.63) is 110 Å². The number of hydrogen-bond donors (Lipinski definition) is 0. The molecular weight excluding hydrogens is 448 g/mol. The van der Waals surface area contributed by atoms with Gasteiger partial charge in [-0.2, -0.15) is 0 Å². The van der Waals surface area contributed by atoms with Gasteiger partial charge in [0.2, 0.25) is 0 Å². The van der Waals surface area contributed by atoms with Crippen molar-refractivity contribution in [3.63, 3.8) is 0 Å². The fourth-order valence-corrected chi connectivity index (χ4v) is 5.12. The van der Waals surface area contributed by atoms with E-state index in [2.05, 4.69) is 72.8 Å². The summed E-state index contributed by atoms with van der Waals surface area (Å²) in [5, 5.41) is 4.12. The van der Waals surface area contributed by atoms with E-state index < -0.39 is 0 Å². The van der Waals surface area contributed by atoms with E-state index >= 15 is 0 Å². The van der Waals surface area contributed by atoms with E-state index in [9.17, 15) is 0 Å². The van der Waals surface area contributed by atoms with Gasteiger partial charge in [-0.3, -0.25) is 0 Å². The highest BCUT2D eigenvalue weighted by Crippen LogP contribution is 2.36.